The van der Waals surface area contributed by atoms with Crippen LogP contribution in [0.1, 0.15) is 11.9 Å². The Balaban J connectivity index is 2.92. The number of nitrogens with two attached hydrogens (primary N) is 1. The number of thiazole rings is 1. The second-order valence-electron chi connectivity index (χ2n) is 2.55. The van der Waals surface area contributed by atoms with Crippen molar-refractivity contribution in [2.24, 2.45) is 5.73 Å². The van der Waals surface area contributed by atoms with E-state index < -0.39 is 5.54 Å². The van der Waals surface area contributed by atoms with Gasteiger partial charge in [0, 0.05) is 0 Å². The molecule has 1 rings (SSSR count). The van der Waals surface area contributed by atoms with Crippen molar-refractivity contribution in [2.75, 3.05) is 6.61 Å². The average Bonchev–Trinajstić information content (AvgIpc) is 2.36. The lowest BCUT2D eigenvalue weighted by atomic mass is 10.1. The van der Waals surface area contributed by atoms with Gasteiger partial charge in [0.1, 0.15) is 5.01 Å². The quantitative estimate of drug-likeness (QED) is 0.808. The number of aromatic nitrogens is 1. The van der Waals surface area contributed by atoms with Crippen molar-refractivity contribution in [3.05, 3.63) is 15.0 Å². The highest BCUT2D eigenvalue weighted by molar-refractivity contribution is 9.11. The molecule has 1 aromatic heterocycles. The third kappa shape index (κ3) is 1.99. The number of nitrogens with zero attached hydrogens (tertiary/aromatic N) is 1. The Bertz CT molecular complexity index is 248. The zero-order valence-corrected chi connectivity index (χ0v) is 8.44. The molecule has 3 nitrogen and oxygen atoms in total. The molecular formula is C6H9BrN2OS. The molecule has 1 heterocycles. The molecule has 0 bridgehead atoms. The molecule has 1 atom stereocenters. The largest absolute Gasteiger partial charge is 0.394 e. The third-order valence-corrected chi connectivity index (χ3v) is 3.05. The molecule has 0 fully saturated rings. The zero-order chi connectivity index (χ0) is 8.48. The van der Waals surface area contributed by atoms with Gasteiger partial charge in [0.05, 0.1) is 22.1 Å². The van der Waals surface area contributed by atoms with Gasteiger partial charge in [-0.2, -0.15) is 0 Å². The van der Waals surface area contributed by atoms with Crippen LogP contribution in [0.4, 0.5) is 0 Å². The first-order chi connectivity index (χ1) is 5.06. The molecule has 1 unspecified atom stereocenters. The molecule has 0 aromatic carbocycles. The molecule has 11 heavy (non-hydrogen) atoms. The maximum Gasteiger partial charge on any atom is 0.116 e. The average molecular weight is 237 g/mol. The van der Waals surface area contributed by atoms with Gasteiger partial charge in [-0.1, -0.05) is 0 Å². The van der Waals surface area contributed by atoms with Crippen molar-refractivity contribution in [1.82, 2.24) is 4.98 Å². The van der Waals surface area contributed by atoms with E-state index in [9.17, 15) is 0 Å². The van der Waals surface area contributed by atoms with Crippen molar-refractivity contribution in [3.63, 3.8) is 0 Å². The topological polar surface area (TPSA) is 59.1 Å². The van der Waals surface area contributed by atoms with E-state index in [1.807, 2.05) is 0 Å². The van der Waals surface area contributed by atoms with Crippen LogP contribution in [-0.2, 0) is 5.54 Å². The van der Waals surface area contributed by atoms with E-state index in [0.717, 1.165) is 8.79 Å². The Morgan fingerprint density at radius 3 is 2.91 bits per heavy atom. The van der Waals surface area contributed by atoms with Crippen LogP contribution in [0.2, 0.25) is 0 Å². The molecule has 0 radical (unpaired) electrons. The fraction of sp³-hybridized carbons (Fsp3) is 0.500. The second kappa shape index (κ2) is 3.18. The highest BCUT2D eigenvalue weighted by Crippen LogP contribution is 2.26. The van der Waals surface area contributed by atoms with Gasteiger partial charge in [0.25, 0.3) is 0 Å². The predicted octanol–water partition coefficient (Wildman–Crippen LogP) is 1.07. The van der Waals surface area contributed by atoms with E-state index in [0.29, 0.717) is 0 Å². The maximum atomic E-state index is 8.88. The highest BCUT2D eigenvalue weighted by Gasteiger charge is 2.23. The fourth-order valence-electron chi connectivity index (χ4n) is 0.586. The van der Waals surface area contributed by atoms with Crippen molar-refractivity contribution in [3.8, 4) is 0 Å². The van der Waals surface area contributed by atoms with Gasteiger partial charge in [-0.25, -0.2) is 4.98 Å². The summed E-state index contributed by atoms with van der Waals surface area (Å²) in [5.74, 6) is 0. The summed E-state index contributed by atoms with van der Waals surface area (Å²) in [5, 5.41) is 9.63. The standard InChI is InChI=1S/C6H9BrN2OS/c1-6(8,3-10)5-9-2-4(7)11-5/h2,10H,3,8H2,1H3. The maximum absolute atomic E-state index is 8.88. The molecule has 0 spiro atoms. The lowest BCUT2D eigenvalue weighted by Gasteiger charge is -2.17. The monoisotopic (exact) mass is 236 g/mol. The molecule has 62 valence electrons. The van der Waals surface area contributed by atoms with Crippen molar-refractivity contribution < 1.29 is 5.11 Å². The van der Waals surface area contributed by atoms with Crippen molar-refractivity contribution in [2.45, 2.75) is 12.5 Å². The van der Waals surface area contributed by atoms with Crippen LogP contribution in [0.15, 0.2) is 9.98 Å². The van der Waals surface area contributed by atoms with Crippen LogP contribution in [0.5, 0.6) is 0 Å². The van der Waals surface area contributed by atoms with E-state index >= 15 is 0 Å². The molecule has 5 heteroatoms. The number of aliphatic hydroxyl groups is 1. The van der Waals surface area contributed by atoms with Crippen molar-refractivity contribution in [1.29, 1.82) is 0 Å². The third-order valence-electron chi connectivity index (χ3n) is 1.29. The van der Waals surface area contributed by atoms with Crippen LogP contribution in [0.3, 0.4) is 0 Å². The van der Waals surface area contributed by atoms with Crippen LogP contribution in [0, 0.1) is 0 Å². The van der Waals surface area contributed by atoms with E-state index in [2.05, 4.69) is 20.9 Å². The second-order valence-corrected chi connectivity index (χ2v) is 4.95. The summed E-state index contributed by atoms with van der Waals surface area (Å²) in [6.45, 7) is 1.66. The summed E-state index contributed by atoms with van der Waals surface area (Å²) >= 11 is 4.71. The minimum atomic E-state index is -0.712. The van der Waals surface area contributed by atoms with Gasteiger partial charge < -0.3 is 10.8 Å². The summed E-state index contributed by atoms with van der Waals surface area (Å²) < 4.78 is 0.928. The smallest absolute Gasteiger partial charge is 0.116 e. The number of rotatable bonds is 2. The van der Waals surface area contributed by atoms with Crippen LogP contribution in [0.25, 0.3) is 0 Å². The summed E-state index contributed by atoms with van der Waals surface area (Å²) in [6, 6.07) is 0. The van der Waals surface area contributed by atoms with Gasteiger partial charge in [0.15, 0.2) is 0 Å². The Morgan fingerprint density at radius 2 is 2.55 bits per heavy atom. The lowest BCUT2D eigenvalue weighted by Crippen LogP contribution is -2.36. The zero-order valence-electron chi connectivity index (χ0n) is 6.04. The number of halogens is 1. The van der Waals surface area contributed by atoms with Gasteiger partial charge in [-0.05, 0) is 22.9 Å². The van der Waals surface area contributed by atoms with E-state index in [1.54, 1.807) is 13.1 Å². The minimum Gasteiger partial charge on any atom is -0.394 e. The normalized spacial score (nSPS) is 16.4. The Labute approximate surface area is 77.4 Å². The van der Waals surface area contributed by atoms with E-state index in [-0.39, 0.29) is 6.61 Å². The molecule has 1 aromatic rings. The van der Waals surface area contributed by atoms with Gasteiger partial charge >= 0.3 is 0 Å². The van der Waals surface area contributed by atoms with Crippen LogP contribution >= 0.6 is 27.3 Å². The lowest BCUT2D eigenvalue weighted by molar-refractivity contribution is 0.209. The predicted molar refractivity (Wildman–Crippen MR) is 48.4 cm³/mol. The first-order valence-electron chi connectivity index (χ1n) is 3.08. The molecule has 0 aliphatic heterocycles. The first kappa shape index (κ1) is 9.12. The SMILES string of the molecule is CC(N)(CO)c1ncc(Br)s1. The van der Waals surface area contributed by atoms with Gasteiger partial charge in [-0.15, -0.1) is 11.3 Å². The summed E-state index contributed by atoms with van der Waals surface area (Å²) in [4.78, 5) is 4.04. The summed E-state index contributed by atoms with van der Waals surface area (Å²) in [6.07, 6.45) is 1.68. The summed E-state index contributed by atoms with van der Waals surface area (Å²) in [5.41, 5.74) is 5.02. The van der Waals surface area contributed by atoms with E-state index in [4.69, 9.17) is 10.8 Å². The molecule has 3 N–H and O–H groups in total. The molecular weight excluding hydrogens is 228 g/mol. The van der Waals surface area contributed by atoms with Crippen LogP contribution < -0.4 is 5.73 Å². The Hall–Kier alpha value is 0.0300. The highest BCUT2D eigenvalue weighted by atomic mass is 79.9. The van der Waals surface area contributed by atoms with E-state index in [1.165, 1.54) is 11.3 Å². The number of hydrogen-bond acceptors (Lipinski definition) is 4. The molecule has 0 aliphatic rings. The Kier molecular flexibility index (Phi) is 2.64. The molecule has 0 aliphatic carbocycles. The number of hydrogen-bond donors (Lipinski definition) is 2. The Morgan fingerprint density at radius 1 is 1.91 bits per heavy atom. The number of aliphatic hydroxyl groups excluding tert-OH is 1. The van der Waals surface area contributed by atoms with Crippen LogP contribution in [-0.4, -0.2) is 16.7 Å². The fourth-order valence-corrected chi connectivity index (χ4v) is 1.84. The van der Waals surface area contributed by atoms with Gasteiger partial charge in [0.2, 0.25) is 0 Å². The first-order valence-corrected chi connectivity index (χ1v) is 4.69. The molecule has 0 saturated heterocycles. The van der Waals surface area contributed by atoms with Crippen molar-refractivity contribution >= 4 is 27.3 Å². The molecule has 0 amide bonds. The summed E-state index contributed by atoms with van der Waals surface area (Å²) in [7, 11) is 0. The minimum absolute atomic E-state index is 0.0903. The van der Waals surface area contributed by atoms with Gasteiger partial charge in [-0.3, -0.25) is 0 Å². The molecule has 0 saturated carbocycles.